The zero-order valence-electron chi connectivity index (χ0n) is 19.7. The van der Waals surface area contributed by atoms with Gasteiger partial charge in [0, 0.05) is 49.2 Å². The van der Waals surface area contributed by atoms with Crippen LogP contribution in [0.15, 0.2) is 29.2 Å². The Morgan fingerprint density at radius 1 is 1.09 bits per heavy atom. The molecule has 3 heterocycles. The first-order valence-electron chi connectivity index (χ1n) is 12.6. The molecule has 0 amide bonds. The second-order valence-electron chi connectivity index (χ2n) is 9.45. The van der Waals surface area contributed by atoms with Gasteiger partial charge in [0.2, 0.25) is 5.95 Å². The monoisotopic (exact) mass is 449 g/mol. The van der Waals surface area contributed by atoms with Crippen molar-refractivity contribution in [1.82, 2.24) is 19.4 Å². The van der Waals surface area contributed by atoms with Crippen molar-refractivity contribution < 1.29 is 4.74 Å². The number of nitrogens with zero attached hydrogens (tertiary/aromatic N) is 4. The van der Waals surface area contributed by atoms with Gasteiger partial charge in [0.25, 0.3) is 5.56 Å². The molecule has 2 aliphatic rings. The Morgan fingerprint density at radius 2 is 1.91 bits per heavy atom. The predicted molar refractivity (Wildman–Crippen MR) is 133 cm³/mol. The third-order valence-electron chi connectivity index (χ3n) is 7.08. The van der Waals surface area contributed by atoms with Crippen LogP contribution in [0.5, 0.6) is 0 Å². The Labute approximate surface area is 195 Å². The van der Waals surface area contributed by atoms with E-state index in [9.17, 15) is 4.79 Å². The molecule has 1 aromatic carbocycles. The van der Waals surface area contributed by atoms with Gasteiger partial charge >= 0.3 is 0 Å². The minimum Gasteiger partial charge on any atom is -0.379 e. The number of nitrogens with one attached hydrogen (secondary N) is 1. The van der Waals surface area contributed by atoms with Crippen LogP contribution in [0, 0.1) is 0 Å². The molecule has 0 spiro atoms. The third kappa shape index (κ3) is 4.75. The number of rotatable bonds is 7. The molecule has 2 aromatic heterocycles. The van der Waals surface area contributed by atoms with Gasteiger partial charge in [0.05, 0.1) is 13.2 Å². The number of fused-ring (bicyclic) bond motifs is 3. The van der Waals surface area contributed by atoms with Gasteiger partial charge in [-0.1, -0.05) is 44.7 Å². The van der Waals surface area contributed by atoms with Crippen molar-refractivity contribution in [3.63, 3.8) is 0 Å². The summed E-state index contributed by atoms with van der Waals surface area (Å²) < 4.78 is 7.47. The first kappa shape index (κ1) is 22.3. The molecule has 1 saturated heterocycles. The number of ether oxygens (including phenoxy) is 1. The molecule has 0 bridgehead atoms. The Morgan fingerprint density at radius 3 is 2.70 bits per heavy atom. The van der Waals surface area contributed by atoms with Crippen LogP contribution in [0.3, 0.4) is 0 Å². The Hall–Kier alpha value is -2.51. The van der Waals surface area contributed by atoms with Gasteiger partial charge in [-0.3, -0.25) is 14.3 Å². The average molecular weight is 450 g/mol. The number of aromatic nitrogens is 3. The van der Waals surface area contributed by atoms with Crippen molar-refractivity contribution >= 4 is 27.8 Å². The number of anilines is 1. The maximum absolute atomic E-state index is 13.9. The molecule has 2 fully saturated rings. The summed E-state index contributed by atoms with van der Waals surface area (Å²) in [5, 5.41) is 6.04. The second-order valence-corrected chi connectivity index (χ2v) is 9.45. The smallest absolute Gasteiger partial charge is 0.260 e. The maximum atomic E-state index is 13.9. The summed E-state index contributed by atoms with van der Waals surface area (Å²) >= 11 is 0. The highest BCUT2D eigenvalue weighted by atomic mass is 16.5. The summed E-state index contributed by atoms with van der Waals surface area (Å²) in [5.41, 5.74) is 2.04. The molecule has 176 valence electrons. The van der Waals surface area contributed by atoms with E-state index in [0.717, 1.165) is 86.9 Å². The minimum atomic E-state index is 0.0893. The fourth-order valence-electron chi connectivity index (χ4n) is 5.23. The molecule has 33 heavy (non-hydrogen) atoms. The molecule has 7 nitrogen and oxygen atoms in total. The second kappa shape index (κ2) is 10.2. The number of unbranched alkanes of at least 4 members (excludes halogenated alkanes) is 1. The molecule has 1 saturated carbocycles. The van der Waals surface area contributed by atoms with Crippen LogP contribution in [-0.2, 0) is 11.3 Å². The van der Waals surface area contributed by atoms with E-state index in [1.807, 2.05) is 10.8 Å². The molecular formula is C26H35N5O2. The van der Waals surface area contributed by atoms with Crippen molar-refractivity contribution in [3.05, 3.63) is 40.3 Å². The van der Waals surface area contributed by atoms with E-state index in [1.165, 1.54) is 24.8 Å². The summed E-state index contributed by atoms with van der Waals surface area (Å²) in [5.74, 6) is 0.614. The molecular weight excluding hydrogens is 414 g/mol. The van der Waals surface area contributed by atoms with E-state index in [0.29, 0.717) is 5.95 Å². The van der Waals surface area contributed by atoms with Gasteiger partial charge in [-0.05, 0) is 36.3 Å². The topological polar surface area (TPSA) is 72.3 Å². The fourth-order valence-corrected chi connectivity index (χ4v) is 5.23. The van der Waals surface area contributed by atoms with Crippen LogP contribution in [0.25, 0.3) is 21.8 Å². The summed E-state index contributed by atoms with van der Waals surface area (Å²) in [6, 6.07) is 6.54. The van der Waals surface area contributed by atoms with E-state index in [1.54, 1.807) is 0 Å². The Kier molecular flexibility index (Phi) is 6.88. The lowest BCUT2D eigenvalue weighted by atomic mass is 9.94. The zero-order chi connectivity index (χ0) is 22.6. The van der Waals surface area contributed by atoms with Crippen LogP contribution >= 0.6 is 0 Å². The van der Waals surface area contributed by atoms with Crippen molar-refractivity contribution in [2.45, 2.75) is 64.5 Å². The Bertz CT molecular complexity index is 1160. The first-order chi connectivity index (χ1) is 16.2. The molecule has 0 radical (unpaired) electrons. The highest BCUT2D eigenvalue weighted by Gasteiger charge is 2.22. The average Bonchev–Trinajstić information content (AvgIpc) is 2.86. The molecule has 1 aliphatic heterocycles. The first-order valence-corrected chi connectivity index (χ1v) is 12.6. The standard InChI is InChI=1S/C26H35N5O2/c1-2-3-11-27-26-28-17-23-21-10-9-19(18-30-12-14-33-15-13-30)16-22(21)25(32)31(24(23)29-26)20-7-5-4-6-8-20/h9-10,16-17,20H,2-8,11-15,18H2,1H3,(H,27,28,29). The number of benzene rings is 1. The summed E-state index contributed by atoms with van der Waals surface area (Å²) in [4.78, 5) is 25.8. The van der Waals surface area contributed by atoms with Crippen LogP contribution in [0.4, 0.5) is 5.95 Å². The molecule has 0 atom stereocenters. The van der Waals surface area contributed by atoms with Crippen LogP contribution in [0.1, 0.15) is 63.5 Å². The third-order valence-corrected chi connectivity index (χ3v) is 7.08. The van der Waals surface area contributed by atoms with Crippen molar-refractivity contribution in [2.75, 3.05) is 38.2 Å². The minimum absolute atomic E-state index is 0.0893. The molecule has 7 heteroatoms. The van der Waals surface area contributed by atoms with Gasteiger partial charge in [0.15, 0.2) is 0 Å². The predicted octanol–water partition coefficient (Wildman–Crippen LogP) is 4.49. The van der Waals surface area contributed by atoms with Gasteiger partial charge in [0.1, 0.15) is 5.65 Å². The van der Waals surface area contributed by atoms with Crippen LogP contribution in [-0.4, -0.2) is 52.3 Å². The lowest BCUT2D eigenvalue weighted by Crippen LogP contribution is -2.35. The summed E-state index contributed by atoms with van der Waals surface area (Å²) in [7, 11) is 0. The van der Waals surface area contributed by atoms with E-state index >= 15 is 0 Å². The highest BCUT2D eigenvalue weighted by molar-refractivity contribution is 6.04. The molecule has 5 rings (SSSR count). The summed E-state index contributed by atoms with van der Waals surface area (Å²) in [6.45, 7) is 7.28. The van der Waals surface area contributed by atoms with Gasteiger partial charge in [-0.15, -0.1) is 0 Å². The maximum Gasteiger partial charge on any atom is 0.260 e. The number of hydrogen-bond acceptors (Lipinski definition) is 6. The summed E-state index contributed by atoms with van der Waals surface area (Å²) in [6.07, 6.45) is 9.75. The SMILES string of the molecule is CCCCNc1ncc2c3ccc(CN4CCOCC4)cc3c(=O)n(C3CCCCC3)c2n1. The lowest BCUT2D eigenvalue weighted by Gasteiger charge is -2.27. The van der Waals surface area contributed by atoms with Crippen LogP contribution < -0.4 is 10.9 Å². The molecule has 0 unspecified atom stereocenters. The van der Waals surface area contributed by atoms with Crippen molar-refractivity contribution in [2.24, 2.45) is 0 Å². The highest BCUT2D eigenvalue weighted by Crippen LogP contribution is 2.32. The van der Waals surface area contributed by atoms with Crippen LogP contribution in [0.2, 0.25) is 0 Å². The molecule has 1 aliphatic carbocycles. The van der Waals surface area contributed by atoms with Gasteiger partial charge in [-0.25, -0.2) is 4.98 Å². The quantitative estimate of drug-likeness (QED) is 0.423. The normalized spacial score (nSPS) is 18.2. The number of hydrogen-bond donors (Lipinski definition) is 1. The number of pyridine rings is 1. The largest absolute Gasteiger partial charge is 0.379 e. The molecule has 3 aromatic rings. The van der Waals surface area contributed by atoms with E-state index in [2.05, 4.69) is 40.3 Å². The zero-order valence-corrected chi connectivity index (χ0v) is 19.7. The lowest BCUT2D eigenvalue weighted by molar-refractivity contribution is 0.0342. The number of morpholine rings is 1. The van der Waals surface area contributed by atoms with Crippen molar-refractivity contribution in [1.29, 1.82) is 0 Å². The van der Waals surface area contributed by atoms with E-state index in [4.69, 9.17) is 9.72 Å². The fraction of sp³-hybridized carbons (Fsp3) is 0.577. The molecule has 1 N–H and O–H groups in total. The Balaban J connectivity index is 1.60. The van der Waals surface area contributed by atoms with Gasteiger partial charge < -0.3 is 10.1 Å². The van der Waals surface area contributed by atoms with E-state index < -0.39 is 0 Å². The van der Waals surface area contributed by atoms with E-state index in [-0.39, 0.29) is 11.6 Å². The van der Waals surface area contributed by atoms with Crippen molar-refractivity contribution in [3.8, 4) is 0 Å². The van der Waals surface area contributed by atoms with Gasteiger partial charge in [-0.2, -0.15) is 4.98 Å².